The molecule has 2 aromatic carbocycles. The second kappa shape index (κ2) is 8.86. The highest BCUT2D eigenvalue weighted by Crippen LogP contribution is 2.16. The van der Waals surface area contributed by atoms with Gasteiger partial charge in [0.15, 0.2) is 0 Å². The van der Waals surface area contributed by atoms with Crippen molar-refractivity contribution in [2.24, 2.45) is 0 Å². The summed E-state index contributed by atoms with van der Waals surface area (Å²) in [4.78, 5) is 12.0. The van der Waals surface area contributed by atoms with E-state index in [1.165, 1.54) is 12.1 Å². The van der Waals surface area contributed by atoms with Crippen LogP contribution in [-0.2, 0) is 4.79 Å². The van der Waals surface area contributed by atoms with E-state index in [9.17, 15) is 9.18 Å². The Balaban J connectivity index is 1.92. The van der Waals surface area contributed by atoms with Gasteiger partial charge in [-0.1, -0.05) is 54.6 Å². The largest absolute Gasteiger partial charge is 0.396 e. The van der Waals surface area contributed by atoms with Gasteiger partial charge in [0.25, 0.3) is 0 Å². The molecule has 2 aromatic rings. The molecule has 0 fully saturated rings. The fourth-order valence-electron chi connectivity index (χ4n) is 2.30. The minimum Gasteiger partial charge on any atom is -0.396 e. The van der Waals surface area contributed by atoms with Crippen LogP contribution in [0.5, 0.6) is 0 Å². The number of nitrogens with one attached hydrogen (secondary N) is 1. The summed E-state index contributed by atoms with van der Waals surface area (Å²) in [5.41, 5.74) is 1.68. The maximum absolute atomic E-state index is 13.1. The average Bonchev–Trinajstić information content (AvgIpc) is 2.55. The summed E-state index contributed by atoms with van der Waals surface area (Å²) in [6, 6.07) is 15.5. The molecule has 120 valence electrons. The molecular formula is C19H20FNO2. The Morgan fingerprint density at radius 1 is 1.17 bits per heavy atom. The fraction of sp³-hybridized carbons (Fsp3) is 0.211. The van der Waals surface area contributed by atoms with E-state index in [1.807, 2.05) is 30.3 Å². The fourth-order valence-corrected chi connectivity index (χ4v) is 2.30. The molecule has 0 aliphatic heterocycles. The molecule has 0 aliphatic rings. The predicted molar refractivity (Wildman–Crippen MR) is 89.1 cm³/mol. The van der Waals surface area contributed by atoms with Crippen LogP contribution < -0.4 is 5.32 Å². The number of aliphatic hydroxyl groups is 1. The molecule has 4 heteroatoms. The molecule has 3 nitrogen and oxygen atoms in total. The topological polar surface area (TPSA) is 49.3 Å². The zero-order valence-corrected chi connectivity index (χ0v) is 12.8. The van der Waals surface area contributed by atoms with Crippen LogP contribution in [0.15, 0.2) is 60.7 Å². The minimum atomic E-state index is -0.302. The first-order valence-electron chi connectivity index (χ1n) is 7.56. The van der Waals surface area contributed by atoms with E-state index in [1.54, 1.807) is 24.3 Å². The zero-order valence-electron chi connectivity index (χ0n) is 12.8. The first kappa shape index (κ1) is 16.9. The van der Waals surface area contributed by atoms with Crippen molar-refractivity contribution in [3.63, 3.8) is 0 Å². The molecule has 1 unspecified atom stereocenters. The zero-order chi connectivity index (χ0) is 16.5. The van der Waals surface area contributed by atoms with E-state index < -0.39 is 0 Å². The summed E-state index contributed by atoms with van der Waals surface area (Å²) in [5.74, 6) is -0.441. The van der Waals surface area contributed by atoms with Crippen molar-refractivity contribution < 1.29 is 14.3 Å². The molecule has 1 atom stereocenters. The van der Waals surface area contributed by atoms with Crippen molar-refractivity contribution >= 4 is 12.0 Å². The number of hydrogen-bond donors (Lipinski definition) is 2. The number of amides is 1. The van der Waals surface area contributed by atoms with Gasteiger partial charge >= 0.3 is 0 Å². The van der Waals surface area contributed by atoms with Gasteiger partial charge in [0.1, 0.15) is 5.82 Å². The minimum absolute atomic E-state index is 0.00102. The number of hydrogen-bond acceptors (Lipinski definition) is 2. The third kappa shape index (κ3) is 5.68. The molecule has 0 spiro atoms. The van der Waals surface area contributed by atoms with Crippen LogP contribution in [0.3, 0.4) is 0 Å². The summed E-state index contributed by atoms with van der Waals surface area (Å²) in [6.45, 7) is -0.00102. The number of carbonyl (C=O) groups is 1. The quantitative estimate of drug-likeness (QED) is 0.822. The number of carbonyl (C=O) groups excluding carboxylic acids is 1. The van der Waals surface area contributed by atoms with E-state index in [2.05, 4.69) is 5.32 Å². The summed E-state index contributed by atoms with van der Waals surface area (Å²) in [7, 11) is 0. The van der Waals surface area contributed by atoms with Crippen molar-refractivity contribution in [2.45, 2.75) is 18.9 Å². The first-order chi connectivity index (χ1) is 11.2. The van der Waals surface area contributed by atoms with Crippen molar-refractivity contribution in [1.29, 1.82) is 0 Å². The number of aliphatic hydroxyl groups excluding tert-OH is 1. The Morgan fingerprint density at radius 2 is 1.96 bits per heavy atom. The summed E-state index contributed by atoms with van der Waals surface area (Å²) >= 11 is 0. The Labute approximate surface area is 135 Å². The van der Waals surface area contributed by atoms with E-state index in [0.717, 1.165) is 5.56 Å². The second-order valence-electron chi connectivity index (χ2n) is 5.20. The Bertz CT molecular complexity index is 655. The highest BCUT2D eigenvalue weighted by Gasteiger charge is 2.12. The molecule has 1 amide bonds. The predicted octanol–water partition coefficient (Wildman–Crippen LogP) is 3.47. The van der Waals surface area contributed by atoms with Gasteiger partial charge in [-0.3, -0.25) is 4.79 Å². The van der Waals surface area contributed by atoms with Crippen LogP contribution >= 0.6 is 0 Å². The molecule has 23 heavy (non-hydrogen) atoms. The summed E-state index contributed by atoms with van der Waals surface area (Å²) < 4.78 is 13.1. The van der Waals surface area contributed by atoms with Gasteiger partial charge in [0, 0.05) is 13.0 Å². The molecular weight excluding hydrogens is 293 g/mol. The van der Waals surface area contributed by atoms with Crippen LogP contribution in [0.1, 0.15) is 30.0 Å². The lowest BCUT2D eigenvalue weighted by molar-refractivity contribution is -0.121. The molecule has 0 aliphatic carbocycles. The lowest BCUT2D eigenvalue weighted by Crippen LogP contribution is -2.28. The smallest absolute Gasteiger partial charge is 0.224 e. The molecule has 2 rings (SSSR count). The van der Waals surface area contributed by atoms with Crippen molar-refractivity contribution in [2.75, 3.05) is 6.61 Å². The van der Waals surface area contributed by atoms with Crippen LogP contribution in [0.25, 0.3) is 6.08 Å². The maximum Gasteiger partial charge on any atom is 0.224 e. The lowest BCUT2D eigenvalue weighted by atomic mass is 10.0. The highest BCUT2D eigenvalue weighted by atomic mass is 19.1. The lowest BCUT2D eigenvalue weighted by Gasteiger charge is -2.17. The van der Waals surface area contributed by atoms with Crippen molar-refractivity contribution in [3.8, 4) is 0 Å². The average molecular weight is 313 g/mol. The SMILES string of the molecule is O=C(C/C=C/c1cccc(F)c1)NC(CCO)c1ccccc1. The highest BCUT2D eigenvalue weighted by molar-refractivity contribution is 5.79. The van der Waals surface area contributed by atoms with Crippen LogP contribution in [0.2, 0.25) is 0 Å². The number of halogens is 1. The second-order valence-corrected chi connectivity index (χ2v) is 5.20. The van der Waals surface area contributed by atoms with E-state index in [4.69, 9.17) is 5.11 Å². The van der Waals surface area contributed by atoms with Crippen LogP contribution in [-0.4, -0.2) is 17.6 Å². The standard InChI is InChI=1S/C19H20FNO2/c20-17-10-4-6-15(14-17)7-5-11-19(23)21-18(12-13-22)16-8-2-1-3-9-16/h1-10,14,18,22H,11-13H2,(H,21,23)/b7-5+. The number of rotatable bonds is 7. The molecule has 2 N–H and O–H groups in total. The summed E-state index contributed by atoms with van der Waals surface area (Å²) in [6.07, 6.45) is 4.08. The van der Waals surface area contributed by atoms with Gasteiger partial charge in [-0.05, 0) is 29.7 Å². The van der Waals surface area contributed by atoms with Crippen molar-refractivity contribution in [1.82, 2.24) is 5.32 Å². The van der Waals surface area contributed by atoms with E-state index in [-0.39, 0.29) is 30.8 Å². The van der Waals surface area contributed by atoms with E-state index in [0.29, 0.717) is 12.0 Å². The molecule has 0 radical (unpaired) electrons. The van der Waals surface area contributed by atoms with Gasteiger partial charge in [-0.2, -0.15) is 0 Å². The van der Waals surface area contributed by atoms with Gasteiger partial charge in [-0.15, -0.1) is 0 Å². The third-order valence-corrected chi connectivity index (χ3v) is 3.42. The molecule has 0 bridgehead atoms. The van der Waals surface area contributed by atoms with Crippen LogP contribution in [0, 0.1) is 5.82 Å². The van der Waals surface area contributed by atoms with E-state index >= 15 is 0 Å². The Morgan fingerprint density at radius 3 is 2.65 bits per heavy atom. The Hall–Kier alpha value is -2.46. The van der Waals surface area contributed by atoms with Gasteiger partial charge < -0.3 is 10.4 Å². The monoisotopic (exact) mass is 313 g/mol. The first-order valence-corrected chi connectivity index (χ1v) is 7.56. The van der Waals surface area contributed by atoms with Gasteiger partial charge in [0.05, 0.1) is 6.04 Å². The summed E-state index contributed by atoms with van der Waals surface area (Å²) in [5, 5.41) is 12.1. The maximum atomic E-state index is 13.1. The molecule has 0 saturated carbocycles. The molecule has 0 heterocycles. The van der Waals surface area contributed by atoms with Crippen LogP contribution in [0.4, 0.5) is 4.39 Å². The Kier molecular flexibility index (Phi) is 6.51. The normalized spacial score (nSPS) is 12.3. The van der Waals surface area contributed by atoms with Gasteiger partial charge in [-0.25, -0.2) is 4.39 Å². The van der Waals surface area contributed by atoms with Gasteiger partial charge in [0.2, 0.25) is 5.91 Å². The van der Waals surface area contributed by atoms with Crippen molar-refractivity contribution in [3.05, 3.63) is 77.6 Å². The number of benzene rings is 2. The molecule has 0 aromatic heterocycles. The molecule has 0 saturated heterocycles. The third-order valence-electron chi connectivity index (χ3n) is 3.42.